The largest absolute Gasteiger partial charge is 0.495 e. The van der Waals surface area contributed by atoms with Crippen LogP contribution in [0.1, 0.15) is 61.9 Å². The number of carbonyl (C=O) groups is 1. The Hall–Kier alpha value is -2.28. The monoisotopic (exact) mass is 434 g/mol. The SMILES string of the molecule is CCCC1CCC(C)C(S(=O)(=O)Cc2ccc(-c3ccoc3)c(OC)c2C(=O)O)C1. The molecule has 3 rings (SSSR count). The third kappa shape index (κ3) is 4.56. The zero-order chi connectivity index (χ0) is 21.9. The van der Waals surface area contributed by atoms with Gasteiger partial charge in [0.25, 0.3) is 0 Å². The fraction of sp³-hybridized carbons (Fsp3) is 0.522. The Balaban J connectivity index is 1.98. The minimum absolute atomic E-state index is 0.0727. The Morgan fingerprint density at radius 3 is 2.63 bits per heavy atom. The van der Waals surface area contributed by atoms with Gasteiger partial charge in [0.2, 0.25) is 0 Å². The van der Waals surface area contributed by atoms with Gasteiger partial charge in [-0.1, -0.05) is 45.2 Å². The van der Waals surface area contributed by atoms with Crippen molar-refractivity contribution in [1.29, 1.82) is 0 Å². The molecule has 3 unspecified atom stereocenters. The van der Waals surface area contributed by atoms with Crippen LogP contribution in [0.5, 0.6) is 5.75 Å². The summed E-state index contributed by atoms with van der Waals surface area (Å²) >= 11 is 0. The number of aromatic carboxylic acids is 1. The minimum Gasteiger partial charge on any atom is -0.495 e. The van der Waals surface area contributed by atoms with E-state index in [9.17, 15) is 18.3 Å². The van der Waals surface area contributed by atoms with E-state index < -0.39 is 21.1 Å². The van der Waals surface area contributed by atoms with Crippen molar-refractivity contribution in [3.05, 3.63) is 41.9 Å². The molecule has 1 fully saturated rings. The summed E-state index contributed by atoms with van der Waals surface area (Å²) in [6.45, 7) is 4.11. The number of ether oxygens (including phenoxy) is 1. The lowest BCUT2D eigenvalue weighted by atomic mass is 9.80. The first-order valence-corrected chi connectivity index (χ1v) is 12.2. The highest BCUT2D eigenvalue weighted by Gasteiger charge is 2.37. The third-order valence-electron chi connectivity index (χ3n) is 6.24. The number of hydrogen-bond donors (Lipinski definition) is 1. The maximum atomic E-state index is 13.4. The molecular weight excluding hydrogens is 404 g/mol. The smallest absolute Gasteiger partial charge is 0.339 e. The Labute approximate surface area is 178 Å². The Morgan fingerprint density at radius 1 is 1.27 bits per heavy atom. The molecule has 0 bridgehead atoms. The topological polar surface area (TPSA) is 93.8 Å². The second-order valence-corrected chi connectivity index (χ2v) is 10.5. The fourth-order valence-corrected chi connectivity index (χ4v) is 6.99. The Bertz CT molecular complexity index is 977. The van der Waals surface area contributed by atoms with Crippen LogP contribution < -0.4 is 4.74 Å². The number of carboxylic acids is 1. The second kappa shape index (κ2) is 9.25. The van der Waals surface area contributed by atoms with E-state index in [2.05, 4.69) is 6.92 Å². The molecule has 0 saturated heterocycles. The minimum atomic E-state index is -3.52. The van der Waals surface area contributed by atoms with Gasteiger partial charge >= 0.3 is 5.97 Å². The predicted octanol–water partition coefficient (Wildman–Crippen LogP) is 5.17. The summed E-state index contributed by atoms with van der Waals surface area (Å²) in [4.78, 5) is 12.1. The van der Waals surface area contributed by atoms with Gasteiger partial charge in [0, 0.05) is 11.1 Å². The average molecular weight is 435 g/mol. The van der Waals surface area contributed by atoms with Gasteiger partial charge in [-0.25, -0.2) is 13.2 Å². The van der Waals surface area contributed by atoms with E-state index >= 15 is 0 Å². The van der Waals surface area contributed by atoms with Crippen LogP contribution in [0.25, 0.3) is 11.1 Å². The first-order chi connectivity index (χ1) is 14.3. The summed E-state index contributed by atoms with van der Waals surface area (Å²) in [7, 11) is -2.13. The van der Waals surface area contributed by atoms with Crippen LogP contribution in [0.3, 0.4) is 0 Å². The van der Waals surface area contributed by atoms with Gasteiger partial charge in [-0.15, -0.1) is 0 Å². The molecule has 3 atom stereocenters. The molecule has 7 heteroatoms. The summed E-state index contributed by atoms with van der Waals surface area (Å²) in [6, 6.07) is 4.99. The molecule has 1 aromatic heterocycles. The van der Waals surface area contributed by atoms with E-state index in [1.807, 2.05) is 6.92 Å². The standard InChI is InChI=1S/C23H30O6S/c1-4-5-16-7-6-15(2)20(12-16)30(26,27)14-18-8-9-19(17-10-11-29-13-17)22(28-3)21(18)23(24)25/h8-11,13,15-16,20H,4-7,12,14H2,1-3H3,(H,24,25). The lowest BCUT2D eigenvalue weighted by molar-refractivity contribution is 0.0692. The van der Waals surface area contributed by atoms with E-state index in [4.69, 9.17) is 9.15 Å². The normalized spacial score (nSPS) is 22.0. The van der Waals surface area contributed by atoms with Crippen LogP contribution in [0, 0.1) is 11.8 Å². The zero-order valence-electron chi connectivity index (χ0n) is 17.8. The van der Waals surface area contributed by atoms with E-state index in [0.717, 1.165) is 25.7 Å². The van der Waals surface area contributed by atoms with Crippen LogP contribution >= 0.6 is 0 Å². The van der Waals surface area contributed by atoms with Gasteiger partial charge in [0.1, 0.15) is 11.3 Å². The van der Waals surface area contributed by atoms with Crippen LogP contribution in [-0.2, 0) is 15.6 Å². The molecule has 1 aromatic carbocycles. The summed E-state index contributed by atoms with van der Waals surface area (Å²) in [5.74, 6) is -0.865. The first kappa shape index (κ1) is 22.4. The third-order valence-corrected chi connectivity index (χ3v) is 8.53. The molecule has 0 amide bonds. The molecule has 6 nitrogen and oxygen atoms in total. The number of carboxylic acid groups (broad SMARTS) is 1. The molecule has 30 heavy (non-hydrogen) atoms. The molecular formula is C23H30O6S. The van der Waals surface area contributed by atoms with Crippen LogP contribution in [0.2, 0.25) is 0 Å². The maximum Gasteiger partial charge on any atom is 0.339 e. The molecule has 1 N–H and O–H groups in total. The van der Waals surface area contributed by atoms with Gasteiger partial charge in [-0.2, -0.15) is 0 Å². The molecule has 1 aliphatic rings. The zero-order valence-corrected chi connectivity index (χ0v) is 18.6. The summed E-state index contributed by atoms with van der Waals surface area (Å²) in [6.07, 6.45) is 7.68. The Kier molecular flexibility index (Phi) is 6.91. The molecule has 0 aliphatic heterocycles. The first-order valence-electron chi connectivity index (χ1n) is 10.5. The van der Waals surface area contributed by atoms with E-state index in [-0.39, 0.29) is 28.5 Å². The van der Waals surface area contributed by atoms with Gasteiger partial charge in [0.15, 0.2) is 9.84 Å². The number of benzene rings is 1. The molecule has 2 aromatic rings. The van der Waals surface area contributed by atoms with Crippen molar-refractivity contribution in [3.8, 4) is 16.9 Å². The predicted molar refractivity (Wildman–Crippen MR) is 115 cm³/mol. The second-order valence-electron chi connectivity index (χ2n) is 8.29. The van der Waals surface area contributed by atoms with Crippen molar-refractivity contribution < 1.29 is 27.5 Å². The van der Waals surface area contributed by atoms with Gasteiger partial charge in [0.05, 0.1) is 30.6 Å². The highest BCUT2D eigenvalue weighted by molar-refractivity contribution is 7.91. The number of furan rings is 1. The average Bonchev–Trinajstić information content (AvgIpc) is 3.23. The summed E-state index contributed by atoms with van der Waals surface area (Å²) in [5, 5.41) is 9.43. The van der Waals surface area contributed by atoms with Gasteiger partial charge in [-0.3, -0.25) is 0 Å². The van der Waals surface area contributed by atoms with Crippen LogP contribution in [0.15, 0.2) is 35.1 Å². The molecule has 164 valence electrons. The summed E-state index contributed by atoms with van der Waals surface area (Å²) < 4.78 is 37.2. The van der Waals surface area contributed by atoms with Crippen LogP contribution in [-0.4, -0.2) is 31.9 Å². The number of sulfone groups is 1. The van der Waals surface area contributed by atoms with Gasteiger partial charge < -0.3 is 14.3 Å². The molecule has 1 saturated carbocycles. The van der Waals surface area contributed by atoms with Crippen molar-refractivity contribution in [2.75, 3.05) is 7.11 Å². The van der Waals surface area contributed by atoms with E-state index in [0.29, 0.717) is 23.5 Å². The van der Waals surface area contributed by atoms with Crippen molar-refractivity contribution in [1.82, 2.24) is 0 Å². The van der Waals surface area contributed by atoms with Crippen molar-refractivity contribution in [2.24, 2.45) is 11.8 Å². The van der Waals surface area contributed by atoms with E-state index in [1.54, 1.807) is 18.2 Å². The van der Waals surface area contributed by atoms with Gasteiger partial charge in [-0.05, 0) is 36.3 Å². The highest BCUT2D eigenvalue weighted by Crippen LogP contribution is 2.39. The number of hydrogen-bond acceptors (Lipinski definition) is 5. The molecule has 0 radical (unpaired) electrons. The lowest BCUT2D eigenvalue weighted by Gasteiger charge is -2.34. The van der Waals surface area contributed by atoms with Crippen LogP contribution in [0.4, 0.5) is 0 Å². The van der Waals surface area contributed by atoms with E-state index in [1.165, 1.54) is 19.6 Å². The number of methoxy groups -OCH3 is 1. The highest BCUT2D eigenvalue weighted by atomic mass is 32.2. The fourth-order valence-electron chi connectivity index (χ4n) is 4.69. The quantitative estimate of drug-likeness (QED) is 0.616. The van der Waals surface area contributed by atoms with Crippen molar-refractivity contribution >= 4 is 15.8 Å². The molecule has 1 aliphatic carbocycles. The maximum absolute atomic E-state index is 13.4. The molecule has 1 heterocycles. The number of rotatable bonds is 8. The van der Waals surface area contributed by atoms with Crippen molar-refractivity contribution in [2.45, 2.75) is 57.0 Å². The lowest BCUT2D eigenvalue weighted by Crippen LogP contribution is -2.35. The molecule has 0 spiro atoms. The summed E-state index contributed by atoms with van der Waals surface area (Å²) in [5.41, 5.74) is 1.38. The Morgan fingerprint density at radius 2 is 2.03 bits per heavy atom. The van der Waals surface area contributed by atoms with Crippen molar-refractivity contribution in [3.63, 3.8) is 0 Å².